The molecule has 0 aromatic carbocycles. The summed E-state index contributed by atoms with van der Waals surface area (Å²) >= 11 is 0. The number of carbonyl (C=O) groups excluding carboxylic acids is 1. The lowest BCUT2D eigenvalue weighted by atomic mass is 9.69. The molecule has 1 aliphatic carbocycles. The molecule has 0 bridgehead atoms. The molecule has 3 nitrogen and oxygen atoms in total. The van der Waals surface area contributed by atoms with Crippen molar-refractivity contribution >= 4 is 5.97 Å². The second kappa shape index (κ2) is 8.41. The van der Waals surface area contributed by atoms with E-state index in [1.807, 2.05) is 6.92 Å². The lowest BCUT2D eigenvalue weighted by molar-refractivity contribution is -0.231. The maximum atomic E-state index is 13.2. The third-order valence-corrected chi connectivity index (χ3v) is 5.43. The first-order valence-electron chi connectivity index (χ1n) is 10.1. The predicted molar refractivity (Wildman–Crippen MR) is 104 cm³/mol. The van der Waals surface area contributed by atoms with Crippen LogP contribution in [0, 0.1) is 22.2 Å². The highest BCUT2D eigenvalue weighted by Gasteiger charge is 2.44. The van der Waals surface area contributed by atoms with Gasteiger partial charge in [0, 0.05) is 5.41 Å². The van der Waals surface area contributed by atoms with Crippen molar-refractivity contribution in [2.75, 3.05) is 0 Å². The Kier molecular flexibility index (Phi) is 7.56. The molecule has 0 radical (unpaired) electrons. The zero-order valence-electron chi connectivity index (χ0n) is 18.2. The Morgan fingerprint density at radius 1 is 0.960 bits per heavy atom. The van der Waals surface area contributed by atoms with Crippen LogP contribution in [0.3, 0.4) is 0 Å². The van der Waals surface area contributed by atoms with E-state index in [0.29, 0.717) is 0 Å². The Bertz CT molecular complexity index is 422. The van der Waals surface area contributed by atoms with Crippen LogP contribution in [0.4, 0.5) is 0 Å². The van der Waals surface area contributed by atoms with Crippen molar-refractivity contribution in [2.45, 2.75) is 113 Å². The quantitative estimate of drug-likeness (QED) is 0.412. The molecule has 2 unspecified atom stereocenters. The SMILES string of the molecule is CC(C)C(C)(CC(C)(C)C)C(=O)OC(OC1CCCCC1)C(C)(C)C. The molecular weight excluding hydrogens is 312 g/mol. The summed E-state index contributed by atoms with van der Waals surface area (Å²) in [7, 11) is 0. The Hall–Kier alpha value is -0.570. The van der Waals surface area contributed by atoms with E-state index in [-0.39, 0.29) is 28.8 Å². The molecular formula is C22H42O3. The summed E-state index contributed by atoms with van der Waals surface area (Å²) in [5.74, 6) is 0.0997. The maximum absolute atomic E-state index is 13.2. The Morgan fingerprint density at radius 3 is 1.88 bits per heavy atom. The smallest absolute Gasteiger partial charge is 0.314 e. The van der Waals surface area contributed by atoms with E-state index < -0.39 is 11.7 Å². The van der Waals surface area contributed by atoms with Gasteiger partial charge in [-0.15, -0.1) is 0 Å². The summed E-state index contributed by atoms with van der Waals surface area (Å²) in [5.41, 5.74) is -0.663. The average molecular weight is 355 g/mol. The van der Waals surface area contributed by atoms with Gasteiger partial charge < -0.3 is 9.47 Å². The molecule has 2 atom stereocenters. The van der Waals surface area contributed by atoms with Gasteiger partial charge in [-0.3, -0.25) is 4.79 Å². The van der Waals surface area contributed by atoms with E-state index >= 15 is 0 Å². The second-order valence-electron chi connectivity index (χ2n) is 10.8. The predicted octanol–water partition coefficient (Wildman–Crippen LogP) is 6.35. The normalized spacial score (nSPS) is 21.0. The van der Waals surface area contributed by atoms with Crippen molar-refractivity contribution < 1.29 is 14.3 Å². The van der Waals surface area contributed by atoms with Crippen LogP contribution in [0.5, 0.6) is 0 Å². The zero-order chi connectivity index (χ0) is 19.5. The average Bonchev–Trinajstić information content (AvgIpc) is 2.44. The van der Waals surface area contributed by atoms with Crippen molar-refractivity contribution in [3.63, 3.8) is 0 Å². The molecule has 3 heteroatoms. The molecule has 25 heavy (non-hydrogen) atoms. The summed E-state index contributed by atoms with van der Waals surface area (Å²) < 4.78 is 12.3. The fourth-order valence-corrected chi connectivity index (χ4v) is 3.63. The highest BCUT2D eigenvalue weighted by atomic mass is 16.7. The lowest BCUT2D eigenvalue weighted by Crippen LogP contribution is -2.44. The van der Waals surface area contributed by atoms with Crippen molar-refractivity contribution in [3.05, 3.63) is 0 Å². The number of carbonyl (C=O) groups is 1. The molecule has 0 amide bonds. The summed E-state index contributed by atoms with van der Waals surface area (Å²) in [4.78, 5) is 13.2. The Labute approximate surface area is 156 Å². The fourth-order valence-electron chi connectivity index (χ4n) is 3.63. The summed E-state index contributed by atoms with van der Waals surface area (Å²) in [6.45, 7) is 19.1. The van der Waals surface area contributed by atoms with Crippen LogP contribution >= 0.6 is 0 Å². The van der Waals surface area contributed by atoms with Gasteiger partial charge in [-0.25, -0.2) is 0 Å². The Morgan fingerprint density at radius 2 is 1.48 bits per heavy atom. The minimum Gasteiger partial charge on any atom is -0.435 e. The highest BCUT2D eigenvalue weighted by molar-refractivity contribution is 5.77. The van der Waals surface area contributed by atoms with E-state index in [9.17, 15) is 4.79 Å². The largest absolute Gasteiger partial charge is 0.435 e. The van der Waals surface area contributed by atoms with Crippen LogP contribution in [0.2, 0.25) is 0 Å². The number of ether oxygens (including phenoxy) is 2. The van der Waals surface area contributed by atoms with Crippen LogP contribution in [-0.2, 0) is 14.3 Å². The maximum Gasteiger partial charge on any atom is 0.314 e. The zero-order valence-corrected chi connectivity index (χ0v) is 18.2. The monoisotopic (exact) mass is 354 g/mol. The van der Waals surface area contributed by atoms with E-state index in [2.05, 4.69) is 55.4 Å². The van der Waals surface area contributed by atoms with E-state index in [1.54, 1.807) is 0 Å². The van der Waals surface area contributed by atoms with Crippen molar-refractivity contribution in [2.24, 2.45) is 22.2 Å². The second-order valence-corrected chi connectivity index (χ2v) is 10.8. The van der Waals surface area contributed by atoms with E-state index in [0.717, 1.165) is 19.3 Å². The van der Waals surface area contributed by atoms with Crippen molar-refractivity contribution in [1.29, 1.82) is 0 Å². The molecule has 0 aromatic heterocycles. The molecule has 148 valence electrons. The fraction of sp³-hybridized carbons (Fsp3) is 0.955. The molecule has 1 rings (SSSR count). The number of rotatable bonds is 6. The molecule has 0 aliphatic heterocycles. The van der Waals surface area contributed by atoms with Crippen molar-refractivity contribution in [1.82, 2.24) is 0 Å². The minimum absolute atomic E-state index is 0.0689. The first-order chi connectivity index (χ1) is 11.3. The molecule has 0 N–H and O–H groups in total. The number of hydrogen-bond acceptors (Lipinski definition) is 3. The van der Waals surface area contributed by atoms with Crippen LogP contribution in [0.1, 0.15) is 101 Å². The van der Waals surface area contributed by atoms with Gasteiger partial charge in [0.05, 0.1) is 11.5 Å². The van der Waals surface area contributed by atoms with Crippen LogP contribution < -0.4 is 0 Å². The first kappa shape index (κ1) is 22.5. The van der Waals surface area contributed by atoms with Crippen LogP contribution in [0.25, 0.3) is 0 Å². The van der Waals surface area contributed by atoms with Gasteiger partial charge in [-0.2, -0.15) is 0 Å². The van der Waals surface area contributed by atoms with Gasteiger partial charge in [0.2, 0.25) is 6.29 Å². The summed E-state index contributed by atoms with van der Waals surface area (Å²) in [6.07, 6.45) is 6.40. The topological polar surface area (TPSA) is 35.5 Å². The van der Waals surface area contributed by atoms with Gasteiger partial charge in [-0.1, -0.05) is 74.7 Å². The summed E-state index contributed by atoms with van der Waals surface area (Å²) in [5, 5.41) is 0. The lowest BCUT2D eigenvalue weighted by Gasteiger charge is -2.40. The first-order valence-corrected chi connectivity index (χ1v) is 10.1. The third-order valence-electron chi connectivity index (χ3n) is 5.43. The molecule has 0 aromatic rings. The highest BCUT2D eigenvalue weighted by Crippen LogP contribution is 2.41. The Balaban J connectivity index is 2.91. The van der Waals surface area contributed by atoms with Crippen LogP contribution in [0.15, 0.2) is 0 Å². The molecule has 1 saturated carbocycles. The standard InChI is InChI=1S/C22H42O3/c1-16(2)22(9,15-20(3,4)5)18(23)25-19(21(6,7)8)24-17-13-11-10-12-14-17/h16-17,19H,10-15H2,1-9H3. The van der Waals surface area contributed by atoms with Gasteiger partial charge in [-0.05, 0) is 37.5 Å². The van der Waals surface area contributed by atoms with Crippen LogP contribution in [-0.4, -0.2) is 18.4 Å². The molecule has 0 saturated heterocycles. The van der Waals surface area contributed by atoms with Crippen molar-refractivity contribution in [3.8, 4) is 0 Å². The number of esters is 1. The van der Waals surface area contributed by atoms with E-state index in [4.69, 9.17) is 9.47 Å². The van der Waals surface area contributed by atoms with Gasteiger partial charge in [0.15, 0.2) is 0 Å². The molecule has 0 heterocycles. The third kappa shape index (κ3) is 6.92. The number of hydrogen-bond donors (Lipinski definition) is 0. The minimum atomic E-state index is -0.502. The molecule has 1 aliphatic rings. The molecule has 1 fully saturated rings. The van der Waals surface area contributed by atoms with Gasteiger partial charge in [0.1, 0.15) is 0 Å². The summed E-state index contributed by atoms with van der Waals surface area (Å²) in [6, 6.07) is 0. The molecule has 0 spiro atoms. The van der Waals surface area contributed by atoms with E-state index in [1.165, 1.54) is 19.3 Å². The van der Waals surface area contributed by atoms with Gasteiger partial charge in [0.25, 0.3) is 0 Å². The van der Waals surface area contributed by atoms with Gasteiger partial charge >= 0.3 is 5.97 Å².